The zero-order valence-corrected chi connectivity index (χ0v) is 18.5. The van der Waals surface area contributed by atoms with Crippen LogP contribution in [0.4, 0.5) is 5.82 Å². The molecule has 1 aliphatic heterocycles. The summed E-state index contributed by atoms with van der Waals surface area (Å²) in [5, 5.41) is 6.75. The fraction of sp³-hybridized carbons (Fsp3) is 0.320. The number of hydrogen-bond acceptors (Lipinski definition) is 5. The molecule has 1 atom stereocenters. The average molecular weight is 433 g/mol. The maximum absolute atomic E-state index is 13.2. The normalized spacial score (nSPS) is 15.4. The van der Waals surface area contributed by atoms with E-state index in [4.69, 9.17) is 4.52 Å². The van der Waals surface area contributed by atoms with Crippen LogP contribution in [0.15, 0.2) is 65.2 Å². The van der Waals surface area contributed by atoms with Crippen LogP contribution in [0.5, 0.6) is 0 Å². The summed E-state index contributed by atoms with van der Waals surface area (Å²) in [6, 6.07) is 18.9. The molecule has 2 heterocycles. The molecule has 2 aromatic carbocycles. The second-order valence-electron chi connectivity index (χ2n) is 8.15. The zero-order chi connectivity index (χ0) is 22.5. The smallest absolute Gasteiger partial charge is 0.247 e. The average Bonchev–Trinajstić information content (AvgIpc) is 3.21. The number of rotatable bonds is 6. The molecule has 1 saturated heterocycles. The van der Waals surface area contributed by atoms with Gasteiger partial charge in [-0.1, -0.05) is 59.8 Å². The summed E-state index contributed by atoms with van der Waals surface area (Å²) in [4.78, 5) is 30.1. The van der Waals surface area contributed by atoms with Gasteiger partial charge in [0.25, 0.3) is 0 Å². The molecule has 0 saturated carbocycles. The van der Waals surface area contributed by atoms with Gasteiger partial charge in [-0.3, -0.25) is 14.5 Å². The summed E-state index contributed by atoms with van der Waals surface area (Å²) >= 11 is 0. The van der Waals surface area contributed by atoms with Crippen LogP contribution in [0.2, 0.25) is 0 Å². The number of piperazine rings is 1. The quantitative estimate of drug-likeness (QED) is 0.646. The summed E-state index contributed by atoms with van der Waals surface area (Å²) in [5.74, 6) is 1.000. The number of amides is 2. The van der Waals surface area contributed by atoms with E-state index < -0.39 is 6.04 Å². The minimum absolute atomic E-state index is 0.123. The van der Waals surface area contributed by atoms with Crippen LogP contribution < -0.4 is 5.32 Å². The van der Waals surface area contributed by atoms with Crippen LogP contribution in [-0.2, 0) is 16.0 Å². The Labute approximate surface area is 188 Å². The lowest BCUT2D eigenvalue weighted by molar-refractivity contribution is -0.133. The first-order valence-electron chi connectivity index (χ1n) is 10.9. The molecular formula is C25H28N4O3. The molecule has 7 heteroatoms. The highest BCUT2D eigenvalue weighted by Gasteiger charge is 2.32. The first kappa shape index (κ1) is 21.8. The van der Waals surface area contributed by atoms with Crippen LogP contribution >= 0.6 is 0 Å². The predicted octanol–water partition coefficient (Wildman–Crippen LogP) is 3.36. The Morgan fingerprint density at radius 3 is 2.34 bits per heavy atom. The Morgan fingerprint density at radius 1 is 1.00 bits per heavy atom. The van der Waals surface area contributed by atoms with Crippen molar-refractivity contribution in [2.45, 2.75) is 26.3 Å². The van der Waals surface area contributed by atoms with Crippen molar-refractivity contribution in [1.29, 1.82) is 0 Å². The maximum atomic E-state index is 13.2. The standard InChI is InChI=1S/C25H28N4O3/c1-18-8-6-7-11-21(18)17-23(30)28-12-14-29(15-13-28)24(20-9-4-3-5-10-20)25(31)26-22-16-19(2)32-27-22/h3-11,16,24H,12-15,17H2,1-2H3,(H,26,27,31). The molecule has 166 valence electrons. The molecule has 1 unspecified atom stereocenters. The van der Waals surface area contributed by atoms with Gasteiger partial charge in [0.15, 0.2) is 5.82 Å². The number of carbonyl (C=O) groups is 2. The minimum Gasteiger partial charge on any atom is -0.360 e. The van der Waals surface area contributed by atoms with Crippen molar-refractivity contribution < 1.29 is 14.1 Å². The van der Waals surface area contributed by atoms with Crippen molar-refractivity contribution in [3.8, 4) is 0 Å². The van der Waals surface area contributed by atoms with E-state index in [1.165, 1.54) is 0 Å². The largest absolute Gasteiger partial charge is 0.360 e. The molecule has 32 heavy (non-hydrogen) atoms. The van der Waals surface area contributed by atoms with Gasteiger partial charge in [0, 0.05) is 32.2 Å². The number of anilines is 1. The molecule has 4 rings (SSSR count). The fourth-order valence-electron chi connectivity index (χ4n) is 4.10. The second kappa shape index (κ2) is 9.78. The summed E-state index contributed by atoms with van der Waals surface area (Å²) < 4.78 is 5.07. The Bertz CT molecular complexity index is 1070. The van der Waals surface area contributed by atoms with Crippen molar-refractivity contribution in [2.75, 3.05) is 31.5 Å². The van der Waals surface area contributed by atoms with Gasteiger partial charge in [0.2, 0.25) is 11.8 Å². The first-order chi connectivity index (χ1) is 15.5. The lowest BCUT2D eigenvalue weighted by atomic mass is 10.0. The van der Waals surface area contributed by atoms with Gasteiger partial charge in [0.1, 0.15) is 11.8 Å². The van der Waals surface area contributed by atoms with Crippen molar-refractivity contribution in [1.82, 2.24) is 15.0 Å². The van der Waals surface area contributed by atoms with Crippen LogP contribution in [-0.4, -0.2) is 52.9 Å². The number of nitrogens with zero attached hydrogens (tertiary/aromatic N) is 3. The third-order valence-corrected chi connectivity index (χ3v) is 5.88. The van der Waals surface area contributed by atoms with Crippen LogP contribution in [0.25, 0.3) is 0 Å². The number of carbonyl (C=O) groups excluding carboxylic acids is 2. The highest BCUT2D eigenvalue weighted by atomic mass is 16.5. The van der Waals surface area contributed by atoms with E-state index in [0.29, 0.717) is 44.2 Å². The van der Waals surface area contributed by atoms with Crippen molar-refractivity contribution in [2.24, 2.45) is 0 Å². The van der Waals surface area contributed by atoms with Gasteiger partial charge in [-0.2, -0.15) is 0 Å². The van der Waals surface area contributed by atoms with Gasteiger partial charge in [0.05, 0.1) is 6.42 Å². The molecule has 1 fully saturated rings. The van der Waals surface area contributed by atoms with E-state index in [1.54, 1.807) is 13.0 Å². The lowest BCUT2D eigenvalue weighted by Gasteiger charge is -2.38. The maximum Gasteiger partial charge on any atom is 0.247 e. The topological polar surface area (TPSA) is 78.7 Å². The van der Waals surface area contributed by atoms with Crippen LogP contribution in [0.3, 0.4) is 0 Å². The highest BCUT2D eigenvalue weighted by molar-refractivity contribution is 5.94. The van der Waals surface area contributed by atoms with Crippen molar-refractivity contribution in [3.05, 3.63) is 83.1 Å². The molecule has 0 bridgehead atoms. The van der Waals surface area contributed by atoms with Gasteiger partial charge in [-0.15, -0.1) is 0 Å². The molecule has 7 nitrogen and oxygen atoms in total. The van der Waals surface area contributed by atoms with Gasteiger partial charge in [-0.05, 0) is 30.5 Å². The molecule has 0 radical (unpaired) electrons. The lowest BCUT2D eigenvalue weighted by Crippen LogP contribution is -2.52. The van der Waals surface area contributed by atoms with E-state index in [0.717, 1.165) is 16.7 Å². The Balaban J connectivity index is 1.43. The van der Waals surface area contributed by atoms with Crippen molar-refractivity contribution >= 4 is 17.6 Å². The highest BCUT2D eigenvalue weighted by Crippen LogP contribution is 2.24. The number of aryl methyl sites for hydroxylation is 2. The Morgan fingerprint density at radius 2 is 1.69 bits per heavy atom. The molecule has 1 aliphatic rings. The summed E-state index contributed by atoms with van der Waals surface area (Å²) in [6.07, 6.45) is 0.404. The minimum atomic E-state index is -0.471. The van der Waals surface area contributed by atoms with E-state index in [9.17, 15) is 9.59 Å². The first-order valence-corrected chi connectivity index (χ1v) is 10.9. The monoisotopic (exact) mass is 432 g/mol. The molecule has 1 N–H and O–H groups in total. The van der Waals surface area contributed by atoms with Gasteiger partial charge < -0.3 is 14.7 Å². The fourth-order valence-corrected chi connectivity index (χ4v) is 4.10. The molecule has 0 spiro atoms. The SMILES string of the molecule is Cc1cc(NC(=O)C(c2ccccc2)N2CCN(C(=O)Cc3ccccc3C)CC2)no1. The molecular weight excluding hydrogens is 404 g/mol. The van der Waals surface area contributed by atoms with E-state index in [-0.39, 0.29) is 11.8 Å². The predicted molar refractivity (Wildman–Crippen MR) is 122 cm³/mol. The van der Waals surface area contributed by atoms with Crippen molar-refractivity contribution in [3.63, 3.8) is 0 Å². The Kier molecular flexibility index (Phi) is 6.66. The van der Waals surface area contributed by atoms with Gasteiger partial charge >= 0.3 is 0 Å². The molecule has 2 amide bonds. The molecule has 0 aliphatic carbocycles. The van der Waals surface area contributed by atoms with E-state index in [1.807, 2.05) is 66.4 Å². The second-order valence-corrected chi connectivity index (χ2v) is 8.15. The third kappa shape index (κ3) is 5.06. The summed E-state index contributed by atoms with van der Waals surface area (Å²) in [5.41, 5.74) is 3.10. The number of aromatic nitrogens is 1. The third-order valence-electron chi connectivity index (χ3n) is 5.88. The van der Waals surface area contributed by atoms with Crippen LogP contribution in [0, 0.1) is 13.8 Å². The molecule has 1 aromatic heterocycles. The Hall–Kier alpha value is -3.45. The summed E-state index contributed by atoms with van der Waals surface area (Å²) in [6.45, 7) is 6.22. The van der Waals surface area contributed by atoms with Crippen LogP contribution in [0.1, 0.15) is 28.5 Å². The molecule has 3 aromatic rings. The van der Waals surface area contributed by atoms with E-state index >= 15 is 0 Å². The number of benzene rings is 2. The van der Waals surface area contributed by atoms with Gasteiger partial charge in [-0.25, -0.2) is 0 Å². The zero-order valence-electron chi connectivity index (χ0n) is 18.5. The number of hydrogen-bond donors (Lipinski definition) is 1. The summed E-state index contributed by atoms with van der Waals surface area (Å²) in [7, 11) is 0. The van der Waals surface area contributed by atoms with E-state index in [2.05, 4.69) is 15.4 Å². The number of nitrogens with one attached hydrogen (secondary N) is 1.